The normalized spacial score (nSPS) is 16.8. The van der Waals surface area contributed by atoms with Crippen LogP contribution in [0.25, 0.3) is 0 Å². The lowest BCUT2D eigenvalue weighted by atomic mass is 9.98. The molecule has 1 aliphatic rings. The summed E-state index contributed by atoms with van der Waals surface area (Å²) >= 11 is 0. The fourth-order valence-corrected chi connectivity index (χ4v) is 4.17. The fourth-order valence-electron chi connectivity index (χ4n) is 2.73. The Bertz CT molecular complexity index is 767. The molecule has 1 fully saturated rings. The van der Waals surface area contributed by atoms with E-state index in [2.05, 4.69) is 10.3 Å². The molecule has 7 nitrogen and oxygen atoms in total. The molecule has 8 heteroatoms. The lowest BCUT2D eigenvalue weighted by molar-refractivity contribution is 0.0913. The highest BCUT2D eigenvalue weighted by molar-refractivity contribution is 7.89. The third-order valence-corrected chi connectivity index (χ3v) is 6.02. The summed E-state index contributed by atoms with van der Waals surface area (Å²) in [4.78, 5) is 15.9. The zero-order valence-electron chi connectivity index (χ0n) is 13.1. The van der Waals surface area contributed by atoms with E-state index in [0.717, 1.165) is 0 Å². The first-order valence-electron chi connectivity index (χ1n) is 7.79. The zero-order chi connectivity index (χ0) is 17.0. The van der Waals surface area contributed by atoms with Crippen molar-refractivity contribution in [3.63, 3.8) is 0 Å². The van der Waals surface area contributed by atoms with Crippen LogP contribution in [0, 0.1) is 5.92 Å². The molecule has 0 aromatic carbocycles. The highest BCUT2D eigenvalue weighted by Crippen LogP contribution is 2.23. The number of nitrogens with one attached hydrogen (secondary N) is 1. The summed E-state index contributed by atoms with van der Waals surface area (Å²) < 4.78 is 31.6. The first kappa shape index (κ1) is 16.7. The van der Waals surface area contributed by atoms with Crippen molar-refractivity contribution in [2.75, 3.05) is 19.6 Å². The van der Waals surface area contributed by atoms with E-state index in [1.165, 1.54) is 16.8 Å². The maximum absolute atomic E-state index is 12.5. The Hall–Kier alpha value is -2.19. The van der Waals surface area contributed by atoms with Crippen molar-refractivity contribution in [3.05, 3.63) is 48.7 Å². The van der Waals surface area contributed by atoms with E-state index in [4.69, 9.17) is 4.42 Å². The van der Waals surface area contributed by atoms with Gasteiger partial charge in [0.2, 0.25) is 10.0 Å². The second-order valence-electron chi connectivity index (χ2n) is 5.72. The third kappa shape index (κ3) is 3.65. The molecule has 0 unspecified atom stereocenters. The second kappa shape index (κ2) is 7.14. The molecule has 1 N–H and O–H groups in total. The first-order valence-corrected chi connectivity index (χ1v) is 9.23. The van der Waals surface area contributed by atoms with Crippen LogP contribution in [0.4, 0.5) is 0 Å². The van der Waals surface area contributed by atoms with E-state index in [0.29, 0.717) is 32.5 Å². The van der Waals surface area contributed by atoms with Crippen molar-refractivity contribution in [2.45, 2.75) is 17.7 Å². The SMILES string of the molecule is O=C(NCC1CCN(S(=O)(=O)c2cccnc2)CC1)c1ccco1. The Kier molecular flexibility index (Phi) is 4.96. The molecule has 1 aliphatic heterocycles. The van der Waals surface area contributed by atoms with Crippen LogP contribution in [0.3, 0.4) is 0 Å². The summed E-state index contributed by atoms with van der Waals surface area (Å²) in [5.41, 5.74) is 0. The van der Waals surface area contributed by atoms with E-state index in [9.17, 15) is 13.2 Å². The van der Waals surface area contributed by atoms with Crippen molar-refractivity contribution in [3.8, 4) is 0 Å². The van der Waals surface area contributed by atoms with Crippen molar-refractivity contribution >= 4 is 15.9 Å². The summed E-state index contributed by atoms with van der Waals surface area (Å²) in [6.07, 6.45) is 5.78. The Labute approximate surface area is 140 Å². The van der Waals surface area contributed by atoms with Crippen molar-refractivity contribution in [2.24, 2.45) is 5.92 Å². The molecular weight excluding hydrogens is 330 g/mol. The van der Waals surface area contributed by atoms with Gasteiger partial charge < -0.3 is 9.73 Å². The predicted molar refractivity (Wildman–Crippen MR) is 86.8 cm³/mol. The van der Waals surface area contributed by atoms with Gasteiger partial charge in [-0.05, 0) is 43.0 Å². The van der Waals surface area contributed by atoms with Gasteiger partial charge >= 0.3 is 0 Å². The van der Waals surface area contributed by atoms with E-state index in [1.54, 1.807) is 30.5 Å². The minimum Gasteiger partial charge on any atom is -0.459 e. The lowest BCUT2D eigenvalue weighted by Gasteiger charge is -2.31. The van der Waals surface area contributed by atoms with Gasteiger partial charge in [0.25, 0.3) is 5.91 Å². The van der Waals surface area contributed by atoms with Gasteiger partial charge in [-0.3, -0.25) is 9.78 Å². The van der Waals surface area contributed by atoms with Gasteiger partial charge in [0.1, 0.15) is 4.90 Å². The average Bonchev–Trinajstić information content (AvgIpc) is 3.15. The molecule has 2 aromatic rings. The van der Waals surface area contributed by atoms with Crippen LogP contribution in [0.5, 0.6) is 0 Å². The van der Waals surface area contributed by atoms with Gasteiger partial charge in [0.05, 0.1) is 6.26 Å². The topological polar surface area (TPSA) is 92.5 Å². The Balaban J connectivity index is 1.52. The van der Waals surface area contributed by atoms with Gasteiger partial charge in [-0.1, -0.05) is 0 Å². The Morgan fingerprint density at radius 3 is 2.71 bits per heavy atom. The monoisotopic (exact) mass is 349 g/mol. The molecule has 0 atom stereocenters. The number of amides is 1. The van der Waals surface area contributed by atoms with Crippen LogP contribution in [0.15, 0.2) is 52.2 Å². The minimum absolute atomic E-state index is 0.217. The number of aromatic nitrogens is 1. The molecule has 1 saturated heterocycles. The number of hydrogen-bond donors (Lipinski definition) is 1. The number of sulfonamides is 1. The summed E-state index contributed by atoms with van der Waals surface area (Å²) in [5, 5.41) is 2.83. The first-order chi connectivity index (χ1) is 11.6. The summed E-state index contributed by atoms with van der Waals surface area (Å²) in [5.74, 6) is 0.293. The number of carbonyl (C=O) groups excluding carboxylic acids is 1. The van der Waals surface area contributed by atoms with E-state index >= 15 is 0 Å². The van der Waals surface area contributed by atoms with E-state index in [1.807, 2.05) is 0 Å². The summed E-state index contributed by atoms with van der Waals surface area (Å²) in [7, 11) is -3.48. The molecule has 0 radical (unpaired) electrons. The quantitative estimate of drug-likeness (QED) is 0.883. The highest BCUT2D eigenvalue weighted by atomic mass is 32.2. The molecule has 128 valence electrons. The standard InChI is InChI=1S/C16H19N3O4S/c20-16(15-4-2-10-23-15)18-11-13-5-8-19(9-6-13)24(21,22)14-3-1-7-17-12-14/h1-4,7,10,12-13H,5-6,8-9,11H2,(H,18,20). The van der Waals surface area contributed by atoms with Crippen LogP contribution in [0.1, 0.15) is 23.4 Å². The summed E-state index contributed by atoms with van der Waals surface area (Å²) in [6.45, 7) is 1.40. The second-order valence-corrected chi connectivity index (χ2v) is 7.66. The largest absolute Gasteiger partial charge is 0.459 e. The predicted octanol–water partition coefficient (Wildman–Crippen LogP) is 1.51. The van der Waals surface area contributed by atoms with Gasteiger partial charge in [0, 0.05) is 32.0 Å². The smallest absolute Gasteiger partial charge is 0.286 e. The zero-order valence-corrected chi connectivity index (χ0v) is 13.9. The Morgan fingerprint density at radius 2 is 2.08 bits per heavy atom. The van der Waals surface area contributed by atoms with Crippen molar-refractivity contribution in [1.82, 2.24) is 14.6 Å². The van der Waals surface area contributed by atoms with E-state index in [-0.39, 0.29) is 22.5 Å². The molecule has 0 bridgehead atoms. The number of piperidine rings is 1. The van der Waals surface area contributed by atoms with Crippen molar-refractivity contribution < 1.29 is 17.6 Å². The molecule has 0 saturated carbocycles. The van der Waals surface area contributed by atoms with Gasteiger partial charge in [0.15, 0.2) is 5.76 Å². The van der Waals surface area contributed by atoms with Crippen LogP contribution in [-0.2, 0) is 10.0 Å². The van der Waals surface area contributed by atoms with Gasteiger partial charge in [-0.15, -0.1) is 0 Å². The van der Waals surface area contributed by atoms with Gasteiger partial charge in [-0.2, -0.15) is 4.31 Å². The molecule has 0 aliphatic carbocycles. The van der Waals surface area contributed by atoms with E-state index < -0.39 is 10.0 Å². The molecule has 3 heterocycles. The molecule has 2 aromatic heterocycles. The minimum atomic E-state index is -3.48. The Morgan fingerprint density at radius 1 is 1.29 bits per heavy atom. The third-order valence-electron chi connectivity index (χ3n) is 4.14. The molecule has 0 spiro atoms. The molecule has 1 amide bonds. The maximum Gasteiger partial charge on any atom is 0.286 e. The number of rotatable bonds is 5. The van der Waals surface area contributed by atoms with Crippen LogP contribution in [-0.4, -0.2) is 43.2 Å². The van der Waals surface area contributed by atoms with Crippen LogP contribution >= 0.6 is 0 Å². The molecule has 24 heavy (non-hydrogen) atoms. The summed E-state index contributed by atoms with van der Waals surface area (Å²) in [6, 6.07) is 6.44. The number of pyridine rings is 1. The molecule has 3 rings (SSSR count). The maximum atomic E-state index is 12.5. The number of carbonyl (C=O) groups is 1. The number of hydrogen-bond acceptors (Lipinski definition) is 5. The van der Waals surface area contributed by atoms with Crippen molar-refractivity contribution in [1.29, 1.82) is 0 Å². The molecular formula is C16H19N3O4S. The average molecular weight is 349 g/mol. The number of furan rings is 1. The number of nitrogens with zero attached hydrogens (tertiary/aromatic N) is 2. The highest BCUT2D eigenvalue weighted by Gasteiger charge is 2.29. The lowest BCUT2D eigenvalue weighted by Crippen LogP contribution is -2.41. The van der Waals surface area contributed by atoms with Crippen LogP contribution < -0.4 is 5.32 Å². The van der Waals surface area contributed by atoms with Crippen LogP contribution in [0.2, 0.25) is 0 Å². The fraction of sp³-hybridized carbons (Fsp3) is 0.375. The van der Waals surface area contributed by atoms with Gasteiger partial charge in [-0.25, -0.2) is 8.42 Å².